The van der Waals surface area contributed by atoms with E-state index in [-0.39, 0.29) is 5.60 Å². The molecule has 0 unspecified atom stereocenters. The average Bonchev–Trinajstić information content (AvgIpc) is 3.07. The van der Waals surface area contributed by atoms with Gasteiger partial charge in [-0.3, -0.25) is 0 Å². The molecule has 1 aromatic carbocycles. The van der Waals surface area contributed by atoms with Crippen molar-refractivity contribution in [2.45, 2.75) is 24.9 Å². The largest absolute Gasteiger partial charge is 0.382 e. The van der Waals surface area contributed by atoms with E-state index in [1.54, 1.807) is 7.11 Å². The topological polar surface area (TPSA) is 27.7 Å². The van der Waals surface area contributed by atoms with Gasteiger partial charge in [0.1, 0.15) is 6.79 Å². The summed E-state index contributed by atoms with van der Waals surface area (Å²) in [6.45, 7) is 1.53. The molecule has 1 aliphatic rings. The molecule has 1 aromatic rings. The first-order valence-electron chi connectivity index (χ1n) is 6.29. The van der Waals surface area contributed by atoms with Crippen LogP contribution in [0.15, 0.2) is 27.1 Å². The van der Waals surface area contributed by atoms with Crippen LogP contribution >= 0.6 is 31.9 Å². The lowest BCUT2D eigenvalue weighted by Gasteiger charge is -2.17. The van der Waals surface area contributed by atoms with E-state index in [9.17, 15) is 0 Å². The van der Waals surface area contributed by atoms with Gasteiger partial charge in [-0.25, -0.2) is 0 Å². The summed E-state index contributed by atoms with van der Waals surface area (Å²) < 4.78 is 18.3. The van der Waals surface area contributed by atoms with Crippen LogP contribution in [0.2, 0.25) is 0 Å². The van der Waals surface area contributed by atoms with Crippen LogP contribution in [0.5, 0.6) is 0 Å². The Morgan fingerprint density at radius 3 is 2.37 bits per heavy atom. The minimum absolute atomic E-state index is 0.0205. The van der Waals surface area contributed by atoms with Crippen molar-refractivity contribution in [3.8, 4) is 0 Å². The van der Waals surface area contributed by atoms with Crippen LogP contribution < -0.4 is 0 Å². The zero-order valence-electron chi connectivity index (χ0n) is 11.0. The van der Waals surface area contributed by atoms with Crippen molar-refractivity contribution < 1.29 is 14.2 Å². The third-order valence-electron chi connectivity index (χ3n) is 3.14. The van der Waals surface area contributed by atoms with Crippen molar-refractivity contribution in [3.05, 3.63) is 32.7 Å². The fourth-order valence-corrected chi connectivity index (χ4v) is 3.35. The SMILES string of the molecule is COCCOCOC1(Cc2cc(Br)cc(Br)c2)CC1. The summed E-state index contributed by atoms with van der Waals surface area (Å²) in [5.74, 6) is 0. The molecule has 0 atom stereocenters. The van der Waals surface area contributed by atoms with Crippen molar-refractivity contribution in [1.29, 1.82) is 0 Å². The molecule has 19 heavy (non-hydrogen) atoms. The minimum Gasteiger partial charge on any atom is -0.382 e. The molecule has 0 bridgehead atoms. The fraction of sp³-hybridized carbons (Fsp3) is 0.571. The number of benzene rings is 1. The summed E-state index contributed by atoms with van der Waals surface area (Å²) in [6.07, 6.45) is 3.13. The Morgan fingerprint density at radius 1 is 1.11 bits per heavy atom. The first-order valence-corrected chi connectivity index (χ1v) is 7.88. The summed E-state index contributed by atoms with van der Waals surface area (Å²) in [5, 5.41) is 0. The summed E-state index contributed by atoms with van der Waals surface area (Å²) >= 11 is 7.03. The maximum Gasteiger partial charge on any atom is 0.147 e. The van der Waals surface area contributed by atoms with Gasteiger partial charge >= 0.3 is 0 Å². The average molecular weight is 394 g/mol. The van der Waals surface area contributed by atoms with Gasteiger partial charge in [0.15, 0.2) is 0 Å². The highest BCUT2D eigenvalue weighted by Gasteiger charge is 2.44. The number of ether oxygens (including phenoxy) is 3. The van der Waals surface area contributed by atoms with Gasteiger partial charge in [0, 0.05) is 22.5 Å². The number of hydrogen-bond donors (Lipinski definition) is 0. The van der Waals surface area contributed by atoms with Gasteiger partial charge in [0.25, 0.3) is 0 Å². The highest BCUT2D eigenvalue weighted by molar-refractivity contribution is 9.11. The Balaban J connectivity index is 1.80. The molecule has 1 fully saturated rings. The third kappa shape index (κ3) is 5.16. The summed E-state index contributed by atoms with van der Waals surface area (Å²) in [5.41, 5.74) is 1.25. The van der Waals surface area contributed by atoms with E-state index < -0.39 is 0 Å². The molecule has 0 amide bonds. The highest BCUT2D eigenvalue weighted by Crippen LogP contribution is 2.43. The van der Waals surface area contributed by atoms with Crippen molar-refractivity contribution >= 4 is 31.9 Å². The quantitative estimate of drug-likeness (QED) is 0.494. The predicted molar refractivity (Wildman–Crippen MR) is 81.3 cm³/mol. The molecule has 0 spiro atoms. The second kappa shape index (κ2) is 7.18. The Kier molecular flexibility index (Phi) is 5.84. The first-order chi connectivity index (χ1) is 9.13. The normalized spacial score (nSPS) is 16.6. The maximum absolute atomic E-state index is 5.86. The molecule has 0 saturated heterocycles. The van der Waals surface area contributed by atoms with Gasteiger partial charge < -0.3 is 14.2 Å². The first kappa shape index (κ1) is 15.4. The van der Waals surface area contributed by atoms with Gasteiger partial charge in [-0.15, -0.1) is 0 Å². The molecular formula is C14H18Br2O3. The van der Waals surface area contributed by atoms with E-state index in [1.165, 1.54) is 5.56 Å². The van der Waals surface area contributed by atoms with Crippen LogP contribution in [0, 0.1) is 0 Å². The molecule has 0 radical (unpaired) electrons. The number of halogens is 2. The summed E-state index contributed by atoms with van der Waals surface area (Å²) in [6, 6.07) is 6.32. The molecule has 2 rings (SSSR count). The van der Waals surface area contributed by atoms with Gasteiger partial charge in [0.05, 0.1) is 18.8 Å². The van der Waals surface area contributed by atoms with Crippen LogP contribution in [0.4, 0.5) is 0 Å². The number of methoxy groups -OCH3 is 1. The molecule has 5 heteroatoms. The standard InChI is InChI=1S/C14H18Br2O3/c1-17-4-5-18-10-19-14(2-3-14)9-11-6-12(15)8-13(16)7-11/h6-8H,2-5,9-10H2,1H3. The third-order valence-corrected chi connectivity index (χ3v) is 4.05. The van der Waals surface area contributed by atoms with E-state index >= 15 is 0 Å². The van der Waals surface area contributed by atoms with Crippen molar-refractivity contribution in [2.24, 2.45) is 0 Å². The van der Waals surface area contributed by atoms with E-state index in [0.717, 1.165) is 28.2 Å². The van der Waals surface area contributed by atoms with E-state index in [4.69, 9.17) is 14.2 Å². The van der Waals surface area contributed by atoms with Crippen LogP contribution in [0.3, 0.4) is 0 Å². The molecule has 1 saturated carbocycles. The minimum atomic E-state index is -0.0205. The van der Waals surface area contributed by atoms with E-state index in [1.807, 2.05) is 6.07 Å². The van der Waals surface area contributed by atoms with E-state index in [0.29, 0.717) is 20.0 Å². The van der Waals surface area contributed by atoms with Crippen LogP contribution in [0.1, 0.15) is 18.4 Å². The molecule has 0 N–H and O–H groups in total. The molecule has 106 valence electrons. The fourth-order valence-electron chi connectivity index (χ4n) is 1.96. The van der Waals surface area contributed by atoms with Gasteiger partial charge in [0.2, 0.25) is 0 Å². The smallest absolute Gasteiger partial charge is 0.147 e. The highest BCUT2D eigenvalue weighted by atomic mass is 79.9. The Labute approximate surface area is 130 Å². The zero-order chi connectivity index (χ0) is 13.7. The molecule has 0 aliphatic heterocycles. The van der Waals surface area contributed by atoms with Gasteiger partial charge in [-0.05, 0) is 36.6 Å². The van der Waals surface area contributed by atoms with Crippen LogP contribution in [-0.2, 0) is 20.6 Å². The monoisotopic (exact) mass is 392 g/mol. The predicted octanol–water partition coefficient (Wildman–Crippen LogP) is 3.92. The number of hydrogen-bond acceptors (Lipinski definition) is 3. The second-order valence-corrected chi connectivity index (χ2v) is 6.63. The maximum atomic E-state index is 5.86. The molecule has 0 aromatic heterocycles. The molecule has 3 nitrogen and oxygen atoms in total. The lowest BCUT2D eigenvalue weighted by molar-refractivity contribution is -0.108. The zero-order valence-corrected chi connectivity index (χ0v) is 14.1. The Bertz CT molecular complexity index is 399. The summed E-state index contributed by atoms with van der Waals surface area (Å²) in [7, 11) is 1.66. The molecular weight excluding hydrogens is 376 g/mol. The lowest BCUT2D eigenvalue weighted by atomic mass is 10.1. The molecule has 1 aliphatic carbocycles. The second-order valence-electron chi connectivity index (χ2n) is 4.80. The summed E-state index contributed by atoms with van der Waals surface area (Å²) in [4.78, 5) is 0. The van der Waals surface area contributed by atoms with E-state index in [2.05, 4.69) is 44.0 Å². The van der Waals surface area contributed by atoms with Crippen molar-refractivity contribution in [3.63, 3.8) is 0 Å². The van der Waals surface area contributed by atoms with Crippen LogP contribution in [-0.4, -0.2) is 32.7 Å². The number of rotatable bonds is 8. The molecule has 0 heterocycles. The van der Waals surface area contributed by atoms with Crippen molar-refractivity contribution in [1.82, 2.24) is 0 Å². The van der Waals surface area contributed by atoms with Gasteiger partial charge in [-0.1, -0.05) is 31.9 Å². The van der Waals surface area contributed by atoms with Crippen LogP contribution in [0.25, 0.3) is 0 Å². The van der Waals surface area contributed by atoms with Crippen molar-refractivity contribution in [2.75, 3.05) is 27.1 Å². The van der Waals surface area contributed by atoms with Gasteiger partial charge in [-0.2, -0.15) is 0 Å². The lowest BCUT2D eigenvalue weighted by Crippen LogP contribution is -2.20. The Morgan fingerprint density at radius 2 is 1.79 bits per heavy atom. The Hall–Kier alpha value is 0.0600.